The van der Waals surface area contributed by atoms with Gasteiger partial charge >= 0.3 is 0 Å². The van der Waals surface area contributed by atoms with Crippen molar-refractivity contribution >= 4 is 10.2 Å². The number of nitrogens with zero attached hydrogens (tertiary/aromatic N) is 3. The zero-order chi connectivity index (χ0) is 17.4. The predicted octanol–water partition coefficient (Wildman–Crippen LogP) is -0.132. The quantitative estimate of drug-likeness (QED) is 0.662. The molecule has 0 amide bonds. The number of piperazine rings is 1. The molecule has 8 nitrogen and oxygen atoms in total. The Kier molecular flexibility index (Phi) is 7.53. The maximum absolute atomic E-state index is 13.2. The normalized spacial score (nSPS) is 19.7. The van der Waals surface area contributed by atoms with E-state index in [4.69, 9.17) is 9.47 Å². The monoisotopic (exact) mass is 358 g/mol. The van der Waals surface area contributed by atoms with Gasteiger partial charge in [0.2, 0.25) is 0 Å². The van der Waals surface area contributed by atoms with Crippen LogP contribution in [0, 0.1) is 0 Å². The zero-order valence-electron chi connectivity index (χ0n) is 14.2. The molecular formula is C15H26N4O4S. The van der Waals surface area contributed by atoms with E-state index in [0.717, 1.165) is 5.56 Å². The van der Waals surface area contributed by atoms with E-state index in [0.29, 0.717) is 45.9 Å². The molecule has 1 aromatic rings. The maximum Gasteiger partial charge on any atom is 0.282 e. The lowest BCUT2D eigenvalue weighted by molar-refractivity contribution is 0.143. The molecule has 24 heavy (non-hydrogen) atoms. The highest BCUT2D eigenvalue weighted by molar-refractivity contribution is 7.86. The average molecular weight is 358 g/mol. The van der Waals surface area contributed by atoms with Gasteiger partial charge in [-0.25, -0.2) is 0 Å². The van der Waals surface area contributed by atoms with Crippen LogP contribution in [0.1, 0.15) is 11.6 Å². The van der Waals surface area contributed by atoms with Gasteiger partial charge < -0.3 is 14.8 Å². The summed E-state index contributed by atoms with van der Waals surface area (Å²) in [5.41, 5.74) is 0.881. The fourth-order valence-corrected chi connectivity index (χ4v) is 4.44. The summed E-state index contributed by atoms with van der Waals surface area (Å²) in [7, 11) is -0.507. The van der Waals surface area contributed by atoms with Crippen LogP contribution >= 0.6 is 0 Å². The summed E-state index contributed by atoms with van der Waals surface area (Å²) in [5, 5.41) is 3.26. The van der Waals surface area contributed by atoms with Crippen LogP contribution < -0.4 is 5.32 Å². The minimum atomic E-state index is -3.63. The smallest absolute Gasteiger partial charge is 0.282 e. The molecule has 1 fully saturated rings. The van der Waals surface area contributed by atoms with Crippen molar-refractivity contribution in [3.8, 4) is 0 Å². The van der Waals surface area contributed by atoms with Gasteiger partial charge in [-0.1, -0.05) is 6.07 Å². The van der Waals surface area contributed by atoms with Crippen LogP contribution in [0.25, 0.3) is 0 Å². The molecule has 1 N–H and O–H groups in total. The van der Waals surface area contributed by atoms with Gasteiger partial charge in [-0.05, 0) is 11.6 Å². The summed E-state index contributed by atoms with van der Waals surface area (Å²) in [4.78, 5) is 4.12. The van der Waals surface area contributed by atoms with Crippen LogP contribution in [-0.2, 0) is 19.7 Å². The van der Waals surface area contributed by atoms with Gasteiger partial charge in [-0.3, -0.25) is 4.98 Å². The topological polar surface area (TPSA) is 84.0 Å². The van der Waals surface area contributed by atoms with Crippen LogP contribution in [0.4, 0.5) is 0 Å². The molecule has 9 heteroatoms. The molecule has 0 bridgehead atoms. The molecule has 0 aliphatic carbocycles. The second-order valence-electron chi connectivity index (χ2n) is 5.51. The van der Waals surface area contributed by atoms with Gasteiger partial charge in [0.15, 0.2) is 0 Å². The van der Waals surface area contributed by atoms with E-state index in [9.17, 15) is 8.42 Å². The Bertz CT molecular complexity index is 576. The summed E-state index contributed by atoms with van der Waals surface area (Å²) < 4.78 is 39.4. The van der Waals surface area contributed by atoms with Crippen molar-refractivity contribution in [2.45, 2.75) is 6.04 Å². The first-order valence-electron chi connectivity index (χ1n) is 7.96. The molecular weight excluding hydrogens is 332 g/mol. The summed E-state index contributed by atoms with van der Waals surface area (Å²) in [6.07, 6.45) is 3.40. The molecule has 0 spiro atoms. The van der Waals surface area contributed by atoms with Crippen molar-refractivity contribution in [3.63, 3.8) is 0 Å². The van der Waals surface area contributed by atoms with Crippen molar-refractivity contribution in [2.24, 2.45) is 0 Å². The molecule has 1 aromatic heterocycles. The van der Waals surface area contributed by atoms with E-state index in [2.05, 4.69) is 10.3 Å². The first-order chi connectivity index (χ1) is 11.6. The molecule has 1 aliphatic heterocycles. The van der Waals surface area contributed by atoms with E-state index in [-0.39, 0.29) is 6.04 Å². The second-order valence-corrected chi connectivity index (χ2v) is 7.39. The minimum Gasteiger partial charge on any atom is -0.383 e. The number of methoxy groups -OCH3 is 2. The lowest BCUT2D eigenvalue weighted by atomic mass is 10.1. The second kappa shape index (κ2) is 9.40. The zero-order valence-corrected chi connectivity index (χ0v) is 15.0. The molecule has 0 radical (unpaired) electrons. The predicted molar refractivity (Wildman–Crippen MR) is 90.8 cm³/mol. The Morgan fingerprint density at radius 1 is 1.33 bits per heavy atom. The maximum atomic E-state index is 13.2. The third-order valence-corrected chi connectivity index (χ3v) is 6.02. The van der Waals surface area contributed by atoms with Gasteiger partial charge in [0.1, 0.15) is 0 Å². The van der Waals surface area contributed by atoms with E-state index in [1.807, 2.05) is 12.1 Å². The van der Waals surface area contributed by atoms with E-state index < -0.39 is 10.2 Å². The molecule has 1 saturated heterocycles. The fourth-order valence-electron chi connectivity index (χ4n) is 2.70. The Labute approximate surface area is 143 Å². The average Bonchev–Trinajstić information content (AvgIpc) is 2.62. The standard InChI is InChI=1S/C15H26N4O4S/c1-22-10-8-18(9-11-23-2)24(20,21)19-7-6-17-13-15(19)14-4-3-5-16-12-14/h3-5,12,15,17H,6-11,13H2,1-2H3. The first kappa shape index (κ1) is 19.2. The third-order valence-electron chi connectivity index (χ3n) is 3.98. The molecule has 2 rings (SSSR count). The van der Waals surface area contributed by atoms with Crippen LogP contribution in [0.15, 0.2) is 24.5 Å². The van der Waals surface area contributed by atoms with Crippen molar-refractivity contribution in [1.82, 2.24) is 18.9 Å². The van der Waals surface area contributed by atoms with Crippen molar-refractivity contribution in [3.05, 3.63) is 30.1 Å². The SMILES string of the molecule is COCCN(CCOC)S(=O)(=O)N1CCNCC1c1cccnc1. The number of rotatable bonds is 9. The number of pyridine rings is 1. The van der Waals surface area contributed by atoms with E-state index >= 15 is 0 Å². The number of nitrogens with one attached hydrogen (secondary N) is 1. The largest absolute Gasteiger partial charge is 0.383 e. The van der Waals surface area contributed by atoms with E-state index in [1.54, 1.807) is 30.9 Å². The van der Waals surface area contributed by atoms with Gasteiger partial charge in [0.05, 0.1) is 19.3 Å². The van der Waals surface area contributed by atoms with Crippen LogP contribution in [0.3, 0.4) is 0 Å². The Morgan fingerprint density at radius 3 is 2.62 bits per heavy atom. The van der Waals surface area contributed by atoms with Crippen molar-refractivity contribution in [1.29, 1.82) is 0 Å². The number of hydrogen-bond donors (Lipinski definition) is 1. The summed E-state index contributed by atoms with van der Waals surface area (Å²) in [5.74, 6) is 0. The van der Waals surface area contributed by atoms with Crippen molar-refractivity contribution < 1.29 is 17.9 Å². The van der Waals surface area contributed by atoms with Gasteiger partial charge in [-0.15, -0.1) is 0 Å². The van der Waals surface area contributed by atoms with Crippen molar-refractivity contribution in [2.75, 3.05) is 60.2 Å². The molecule has 0 saturated carbocycles. The summed E-state index contributed by atoms with van der Waals surface area (Å²) in [6.45, 7) is 2.88. The minimum absolute atomic E-state index is 0.273. The molecule has 0 aromatic carbocycles. The van der Waals surface area contributed by atoms with Gasteiger partial charge in [0.25, 0.3) is 10.2 Å². The lowest BCUT2D eigenvalue weighted by Gasteiger charge is -2.38. The fraction of sp³-hybridized carbons (Fsp3) is 0.667. The highest BCUT2D eigenvalue weighted by Crippen LogP contribution is 2.26. The lowest BCUT2D eigenvalue weighted by Crippen LogP contribution is -2.54. The third kappa shape index (κ3) is 4.71. The summed E-state index contributed by atoms with van der Waals surface area (Å²) >= 11 is 0. The molecule has 1 aliphatic rings. The molecule has 136 valence electrons. The van der Waals surface area contributed by atoms with Crippen LogP contribution in [0.5, 0.6) is 0 Å². The highest BCUT2D eigenvalue weighted by atomic mass is 32.2. The Hall–Kier alpha value is -1.10. The van der Waals surface area contributed by atoms with Crippen LogP contribution in [-0.4, -0.2) is 82.2 Å². The molecule has 2 heterocycles. The number of aromatic nitrogens is 1. The van der Waals surface area contributed by atoms with E-state index in [1.165, 1.54) is 4.31 Å². The Balaban J connectivity index is 2.24. The molecule has 1 atom stereocenters. The first-order valence-corrected chi connectivity index (χ1v) is 9.36. The van der Waals surface area contributed by atoms with Gasteiger partial charge in [-0.2, -0.15) is 17.0 Å². The van der Waals surface area contributed by atoms with Gasteiger partial charge in [0, 0.05) is 59.3 Å². The number of hydrogen-bond acceptors (Lipinski definition) is 6. The van der Waals surface area contributed by atoms with Crippen LogP contribution in [0.2, 0.25) is 0 Å². The number of ether oxygens (including phenoxy) is 2. The Morgan fingerprint density at radius 2 is 2.04 bits per heavy atom. The molecule has 1 unspecified atom stereocenters. The highest BCUT2D eigenvalue weighted by Gasteiger charge is 2.37. The summed E-state index contributed by atoms with van der Waals surface area (Å²) in [6, 6.07) is 3.45.